The number of halogens is 3. The van der Waals surface area contributed by atoms with E-state index in [4.69, 9.17) is 4.74 Å². The van der Waals surface area contributed by atoms with Crippen molar-refractivity contribution in [2.75, 3.05) is 6.61 Å². The number of unbranched alkanes of at least 4 members (excludes halogenated alkanes) is 4. The van der Waals surface area contributed by atoms with E-state index in [1.54, 1.807) is 13.0 Å². The van der Waals surface area contributed by atoms with Crippen molar-refractivity contribution >= 4 is 12.4 Å². The molecule has 1 nitrogen and oxygen atoms in total. The Morgan fingerprint density at radius 2 is 1.70 bits per heavy atom. The molecule has 0 N–H and O–H groups in total. The molecule has 0 unspecified atom stereocenters. The summed E-state index contributed by atoms with van der Waals surface area (Å²) in [5, 5.41) is 0. The van der Waals surface area contributed by atoms with Crippen molar-refractivity contribution in [1.82, 2.24) is 0 Å². The minimum Gasteiger partial charge on any atom is -0.497 e. The first kappa shape index (κ1) is 20.5. The molecule has 1 rings (SSSR count). The van der Waals surface area contributed by atoms with Crippen LogP contribution in [0.3, 0.4) is 0 Å². The zero-order chi connectivity index (χ0) is 14.3. The summed E-state index contributed by atoms with van der Waals surface area (Å²) < 4.78 is 44.0. The van der Waals surface area contributed by atoms with Crippen LogP contribution in [0.25, 0.3) is 0 Å². The van der Waals surface area contributed by atoms with Gasteiger partial charge in [0.05, 0.1) is 12.4 Å². The molecule has 0 radical (unpaired) electrons. The van der Waals surface area contributed by atoms with E-state index < -0.39 is 12.4 Å². The summed E-state index contributed by atoms with van der Waals surface area (Å²) in [7, 11) is 0. The van der Waals surface area contributed by atoms with Gasteiger partial charge in [0.2, 0.25) is 0 Å². The Morgan fingerprint density at radius 3 is 2.30 bits per heavy atom. The quantitative estimate of drug-likeness (QED) is 0.521. The maximum absolute atomic E-state index is 12.9. The van der Waals surface area contributed by atoms with Gasteiger partial charge in [0.15, 0.2) is 0 Å². The molecule has 0 fully saturated rings. The molecule has 0 atom stereocenters. The largest absolute Gasteiger partial charge is 1.00 e. The van der Waals surface area contributed by atoms with Crippen LogP contribution in [0.4, 0.5) is 12.9 Å². The topological polar surface area (TPSA) is 9.23 Å². The third-order valence-electron chi connectivity index (χ3n) is 3.02. The second-order valence-electron chi connectivity index (χ2n) is 4.88. The Hall–Kier alpha value is 0.511. The van der Waals surface area contributed by atoms with Gasteiger partial charge in [0.1, 0.15) is 0 Å². The van der Waals surface area contributed by atoms with Crippen molar-refractivity contribution in [3.8, 4) is 5.75 Å². The Kier molecular flexibility index (Phi) is 10.5. The molecule has 0 aliphatic heterocycles. The number of hydrogen-bond acceptors (Lipinski definition) is 1. The summed E-state index contributed by atoms with van der Waals surface area (Å²) in [5.74, 6) is -0.0337. The van der Waals surface area contributed by atoms with Crippen molar-refractivity contribution < 1.29 is 69.1 Å². The van der Waals surface area contributed by atoms with E-state index in [0.29, 0.717) is 12.2 Å². The van der Waals surface area contributed by atoms with Crippen LogP contribution in [0, 0.1) is 6.92 Å². The molecular weight excluding hydrogens is 291 g/mol. The molecule has 0 saturated heterocycles. The van der Waals surface area contributed by atoms with Gasteiger partial charge in [-0.05, 0) is 19.4 Å². The third-order valence-corrected chi connectivity index (χ3v) is 3.02. The Morgan fingerprint density at radius 1 is 1.05 bits per heavy atom. The number of hydrogen-bond donors (Lipinski definition) is 0. The van der Waals surface area contributed by atoms with Gasteiger partial charge in [0, 0.05) is 0 Å². The van der Waals surface area contributed by atoms with E-state index in [2.05, 4.69) is 6.92 Å². The summed E-state index contributed by atoms with van der Waals surface area (Å²) >= 11 is 0. The van der Waals surface area contributed by atoms with Gasteiger partial charge in [-0.3, -0.25) is 0 Å². The van der Waals surface area contributed by atoms with E-state index in [-0.39, 0.29) is 57.1 Å². The van der Waals surface area contributed by atoms with Crippen molar-refractivity contribution in [1.29, 1.82) is 0 Å². The molecule has 0 saturated carbocycles. The predicted molar refractivity (Wildman–Crippen MR) is 74.1 cm³/mol. The van der Waals surface area contributed by atoms with Gasteiger partial charge in [0.25, 0.3) is 0 Å². The molecule has 0 aliphatic carbocycles. The number of ether oxygens (including phenoxy) is 1. The van der Waals surface area contributed by atoms with Crippen LogP contribution < -0.4 is 61.6 Å². The third kappa shape index (κ3) is 7.50. The molecule has 0 aromatic heterocycles. The van der Waals surface area contributed by atoms with Crippen LogP contribution in [0.15, 0.2) is 18.2 Å². The van der Waals surface area contributed by atoms with Crippen molar-refractivity contribution in [3.63, 3.8) is 0 Å². The second kappa shape index (κ2) is 10.3. The summed E-state index contributed by atoms with van der Waals surface area (Å²) in [4.78, 5) is 0. The fourth-order valence-corrected chi connectivity index (χ4v) is 1.94. The monoisotopic (exact) mass is 312 g/mol. The smallest absolute Gasteiger partial charge is 0.497 e. The van der Waals surface area contributed by atoms with E-state index in [9.17, 15) is 12.9 Å². The Labute approximate surface area is 162 Å². The Bertz CT molecular complexity index is 396. The molecule has 0 bridgehead atoms. The number of benzene rings is 1. The van der Waals surface area contributed by atoms with Crippen molar-refractivity contribution in [2.45, 2.75) is 46.0 Å². The molecule has 1 aromatic carbocycles. The molecule has 0 spiro atoms. The maximum atomic E-state index is 12.9. The van der Waals surface area contributed by atoms with Crippen LogP contribution in [0.1, 0.15) is 44.6 Å². The summed E-state index contributed by atoms with van der Waals surface area (Å²) in [6, 6.07) is 4.23. The normalized spacial score (nSPS) is 11.1. The van der Waals surface area contributed by atoms with Gasteiger partial charge in [-0.15, -0.1) is 0 Å². The Balaban J connectivity index is 0.00000361. The fraction of sp³-hybridized carbons (Fsp3) is 0.571. The first-order chi connectivity index (χ1) is 8.95. The maximum Gasteiger partial charge on any atom is 1.00 e. The molecule has 6 heteroatoms. The van der Waals surface area contributed by atoms with Crippen molar-refractivity contribution in [2.24, 2.45) is 0 Å². The zero-order valence-corrected chi connectivity index (χ0v) is 15.7. The predicted octanol–water partition coefficient (Wildman–Crippen LogP) is 1.40. The first-order valence-electron chi connectivity index (χ1n) is 6.88. The van der Waals surface area contributed by atoms with Crippen molar-refractivity contribution in [3.05, 3.63) is 23.8 Å². The van der Waals surface area contributed by atoms with Gasteiger partial charge in [-0.1, -0.05) is 55.8 Å². The van der Waals surface area contributed by atoms with Gasteiger partial charge in [-0.25, -0.2) is 0 Å². The van der Waals surface area contributed by atoms with E-state index in [1.165, 1.54) is 12.5 Å². The standard InChI is InChI=1S/C14H21BF3O.K/c1-3-4-5-6-7-10-19-14-9-8-12(2)11-13(14)15(16,17)18;/h8-9,11H,3-7,10H2,1-2H3;/q-1;+1. The number of aryl methyl sites for hydroxylation is 1. The van der Waals surface area contributed by atoms with E-state index >= 15 is 0 Å². The number of rotatable bonds is 8. The van der Waals surface area contributed by atoms with Crippen LogP contribution >= 0.6 is 0 Å². The zero-order valence-electron chi connectivity index (χ0n) is 12.6. The molecule has 20 heavy (non-hydrogen) atoms. The summed E-state index contributed by atoms with van der Waals surface area (Å²) in [6.45, 7) is -0.882. The average Bonchev–Trinajstić information content (AvgIpc) is 2.34. The van der Waals surface area contributed by atoms with E-state index in [0.717, 1.165) is 31.7 Å². The molecule has 0 heterocycles. The van der Waals surface area contributed by atoms with Crippen LogP contribution in [-0.2, 0) is 0 Å². The minimum atomic E-state index is -5.01. The van der Waals surface area contributed by atoms with Crippen LogP contribution in [0.5, 0.6) is 5.75 Å². The van der Waals surface area contributed by atoms with Gasteiger partial charge < -0.3 is 17.7 Å². The minimum absolute atomic E-state index is 0. The molecule has 108 valence electrons. The van der Waals surface area contributed by atoms with Crippen LogP contribution in [0.2, 0.25) is 0 Å². The first-order valence-corrected chi connectivity index (χ1v) is 6.88. The molecule has 0 aliphatic rings. The average molecular weight is 312 g/mol. The second-order valence-corrected chi connectivity index (χ2v) is 4.88. The summed E-state index contributed by atoms with van der Waals surface area (Å²) in [5.41, 5.74) is -0.0157. The summed E-state index contributed by atoms with van der Waals surface area (Å²) in [6.07, 6.45) is 5.25. The SMILES string of the molecule is CCCCCCCOc1ccc(C)cc1[B-](F)(F)F.[K+]. The molecule has 1 aromatic rings. The van der Waals surface area contributed by atoms with E-state index in [1.807, 2.05) is 0 Å². The van der Waals surface area contributed by atoms with Gasteiger partial charge >= 0.3 is 58.4 Å². The molecule has 0 amide bonds. The van der Waals surface area contributed by atoms with Gasteiger partial charge in [-0.2, -0.15) is 0 Å². The fourth-order valence-electron chi connectivity index (χ4n) is 1.94. The molecular formula is C14H21BF3KO. The van der Waals surface area contributed by atoms with Crippen LogP contribution in [-0.4, -0.2) is 13.6 Å².